The number of nitrogens with zero attached hydrogens (tertiary/aromatic N) is 1. The Morgan fingerprint density at radius 2 is 2.08 bits per heavy atom. The lowest BCUT2D eigenvalue weighted by molar-refractivity contribution is 0.198. The van der Waals surface area contributed by atoms with Crippen LogP contribution in [0.1, 0.15) is 31.2 Å². The summed E-state index contributed by atoms with van der Waals surface area (Å²) >= 11 is 0. The maximum Gasteiger partial charge on any atom is 0.126 e. The number of benzene rings is 1. The van der Waals surface area contributed by atoms with Gasteiger partial charge in [-0.05, 0) is 66.7 Å². The zero-order chi connectivity index (χ0) is 17.9. The van der Waals surface area contributed by atoms with Gasteiger partial charge in [-0.2, -0.15) is 0 Å². The highest BCUT2D eigenvalue weighted by Crippen LogP contribution is 2.44. The monoisotopic (exact) mass is 353 g/mol. The summed E-state index contributed by atoms with van der Waals surface area (Å²) in [5.74, 6) is 2.67. The Labute approximate surface area is 156 Å². The number of methoxy groups -OCH3 is 1. The number of hydrogen-bond acceptors (Lipinski definition) is 2. The minimum Gasteiger partial charge on any atom is -0.500 e. The molecule has 0 aromatic heterocycles. The van der Waals surface area contributed by atoms with Crippen molar-refractivity contribution >= 4 is 0 Å². The standard InChI is InChI=1S/C23H28FNO/c1-26-23-16-25(15-17-9-10-20-14-21(20)13-17)12-11-19(23)7-4-6-18-5-2-3-8-22(18)24/h2-3,5,8-10,13,20-21H,4,6-7,11-12,14-16H2,1H3. The Kier molecular flexibility index (Phi) is 5.26. The summed E-state index contributed by atoms with van der Waals surface area (Å²) < 4.78 is 19.5. The molecule has 1 aromatic rings. The molecule has 2 unspecified atom stereocenters. The Balaban J connectivity index is 1.31. The van der Waals surface area contributed by atoms with Crippen LogP contribution in [0.5, 0.6) is 0 Å². The van der Waals surface area contributed by atoms with Crippen molar-refractivity contribution in [3.8, 4) is 0 Å². The van der Waals surface area contributed by atoms with Gasteiger partial charge in [-0.3, -0.25) is 4.90 Å². The van der Waals surface area contributed by atoms with E-state index in [1.807, 2.05) is 12.1 Å². The summed E-state index contributed by atoms with van der Waals surface area (Å²) in [7, 11) is 1.78. The van der Waals surface area contributed by atoms with Gasteiger partial charge in [-0.25, -0.2) is 4.39 Å². The average Bonchev–Trinajstić information content (AvgIpc) is 3.43. The van der Waals surface area contributed by atoms with E-state index in [1.54, 1.807) is 19.2 Å². The highest BCUT2D eigenvalue weighted by Gasteiger charge is 2.35. The number of allylic oxidation sites excluding steroid dienone is 2. The largest absolute Gasteiger partial charge is 0.500 e. The van der Waals surface area contributed by atoms with Crippen LogP contribution in [0.2, 0.25) is 0 Å². The van der Waals surface area contributed by atoms with E-state index in [2.05, 4.69) is 23.1 Å². The van der Waals surface area contributed by atoms with Crippen molar-refractivity contribution in [1.29, 1.82) is 0 Å². The summed E-state index contributed by atoms with van der Waals surface area (Å²) in [5.41, 5.74) is 3.69. The third-order valence-corrected chi connectivity index (χ3v) is 5.90. The van der Waals surface area contributed by atoms with Crippen LogP contribution in [0, 0.1) is 17.7 Å². The van der Waals surface area contributed by atoms with E-state index in [4.69, 9.17) is 4.74 Å². The first-order valence-electron chi connectivity index (χ1n) is 9.82. The van der Waals surface area contributed by atoms with Gasteiger partial charge >= 0.3 is 0 Å². The van der Waals surface area contributed by atoms with Crippen molar-refractivity contribution in [2.24, 2.45) is 11.8 Å². The summed E-state index contributed by atoms with van der Waals surface area (Å²) in [5, 5.41) is 0. The molecular weight excluding hydrogens is 325 g/mol. The maximum absolute atomic E-state index is 13.7. The SMILES string of the molecule is COC1=C(CCCc2ccccc2F)CCN(CC2=CC3CC3C=C2)C1. The topological polar surface area (TPSA) is 12.5 Å². The van der Waals surface area contributed by atoms with Gasteiger partial charge in [0.25, 0.3) is 0 Å². The van der Waals surface area contributed by atoms with Crippen LogP contribution in [0.25, 0.3) is 0 Å². The molecule has 1 heterocycles. The third-order valence-electron chi connectivity index (χ3n) is 5.90. The van der Waals surface area contributed by atoms with Crippen LogP contribution in [0.15, 0.2) is 59.4 Å². The molecule has 1 aromatic carbocycles. The molecule has 0 spiro atoms. The highest BCUT2D eigenvalue weighted by molar-refractivity contribution is 5.32. The number of rotatable bonds is 7. The molecule has 0 bridgehead atoms. The van der Waals surface area contributed by atoms with Crippen molar-refractivity contribution < 1.29 is 9.13 Å². The van der Waals surface area contributed by atoms with Crippen LogP contribution in [0.4, 0.5) is 4.39 Å². The van der Waals surface area contributed by atoms with Gasteiger partial charge in [0, 0.05) is 13.1 Å². The van der Waals surface area contributed by atoms with E-state index in [-0.39, 0.29) is 5.82 Å². The number of hydrogen-bond donors (Lipinski definition) is 0. The quantitative estimate of drug-likeness (QED) is 0.692. The summed E-state index contributed by atoms with van der Waals surface area (Å²) in [6.07, 6.45) is 12.3. The number of ether oxygens (including phenoxy) is 1. The first kappa shape index (κ1) is 17.5. The number of halogens is 1. The van der Waals surface area contributed by atoms with Crippen LogP contribution in [0.3, 0.4) is 0 Å². The second-order valence-electron chi connectivity index (χ2n) is 7.80. The number of aryl methyl sites for hydroxylation is 1. The molecule has 1 saturated carbocycles. The fraction of sp³-hybridized carbons (Fsp3) is 0.478. The van der Waals surface area contributed by atoms with Crippen LogP contribution in [-0.4, -0.2) is 31.6 Å². The second kappa shape index (κ2) is 7.79. The zero-order valence-electron chi connectivity index (χ0n) is 15.6. The predicted octanol–water partition coefficient (Wildman–Crippen LogP) is 4.89. The molecular formula is C23H28FNO. The van der Waals surface area contributed by atoms with Gasteiger partial charge in [0.2, 0.25) is 0 Å². The molecule has 2 nitrogen and oxygen atoms in total. The van der Waals surface area contributed by atoms with Crippen LogP contribution in [-0.2, 0) is 11.2 Å². The summed E-state index contributed by atoms with van der Waals surface area (Å²) in [4.78, 5) is 2.48. The minimum absolute atomic E-state index is 0.0880. The molecule has 0 N–H and O–H groups in total. The molecule has 138 valence electrons. The summed E-state index contributed by atoms with van der Waals surface area (Å²) in [6.45, 7) is 3.00. The van der Waals surface area contributed by atoms with Crippen molar-refractivity contribution in [2.75, 3.05) is 26.7 Å². The highest BCUT2D eigenvalue weighted by atomic mass is 19.1. The van der Waals surface area contributed by atoms with E-state index in [1.165, 1.54) is 17.6 Å². The van der Waals surface area contributed by atoms with Crippen molar-refractivity contribution in [3.63, 3.8) is 0 Å². The van der Waals surface area contributed by atoms with Gasteiger partial charge in [0.05, 0.1) is 13.7 Å². The molecule has 1 aliphatic heterocycles. The van der Waals surface area contributed by atoms with Gasteiger partial charge in [0.15, 0.2) is 0 Å². The van der Waals surface area contributed by atoms with Gasteiger partial charge in [-0.1, -0.05) is 36.4 Å². The molecule has 26 heavy (non-hydrogen) atoms. The minimum atomic E-state index is -0.0880. The Morgan fingerprint density at radius 3 is 2.88 bits per heavy atom. The maximum atomic E-state index is 13.7. The molecule has 1 fully saturated rings. The molecule has 3 heteroatoms. The molecule has 2 aliphatic carbocycles. The molecule has 3 aliphatic rings. The first-order chi connectivity index (χ1) is 12.7. The van der Waals surface area contributed by atoms with E-state index < -0.39 is 0 Å². The van der Waals surface area contributed by atoms with E-state index >= 15 is 0 Å². The van der Waals surface area contributed by atoms with Gasteiger partial charge in [0.1, 0.15) is 11.6 Å². The zero-order valence-corrected chi connectivity index (χ0v) is 15.6. The second-order valence-corrected chi connectivity index (χ2v) is 7.80. The van der Waals surface area contributed by atoms with Crippen molar-refractivity contribution in [1.82, 2.24) is 4.90 Å². The van der Waals surface area contributed by atoms with Gasteiger partial charge < -0.3 is 4.74 Å². The molecule has 4 rings (SSSR count). The molecule has 0 radical (unpaired) electrons. The Morgan fingerprint density at radius 1 is 1.19 bits per heavy atom. The van der Waals surface area contributed by atoms with Gasteiger partial charge in [-0.15, -0.1) is 0 Å². The summed E-state index contributed by atoms with van der Waals surface area (Å²) in [6, 6.07) is 7.10. The lowest BCUT2D eigenvalue weighted by Crippen LogP contribution is -2.34. The van der Waals surface area contributed by atoms with E-state index in [9.17, 15) is 4.39 Å². The fourth-order valence-electron chi connectivity index (χ4n) is 4.22. The molecule has 0 saturated heterocycles. The Hall–Kier alpha value is -1.87. The lowest BCUT2D eigenvalue weighted by atomic mass is 9.97. The smallest absolute Gasteiger partial charge is 0.126 e. The first-order valence-corrected chi connectivity index (χ1v) is 9.82. The fourth-order valence-corrected chi connectivity index (χ4v) is 4.22. The number of fused-ring (bicyclic) bond motifs is 1. The normalized spacial score (nSPS) is 25.1. The third kappa shape index (κ3) is 4.09. The van der Waals surface area contributed by atoms with Crippen LogP contribution >= 0.6 is 0 Å². The van der Waals surface area contributed by atoms with Crippen molar-refractivity contribution in [2.45, 2.75) is 32.1 Å². The molecule has 2 atom stereocenters. The van der Waals surface area contributed by atoms with Crippen molar-refractivity contribution in [3.05, 3.63) is 70.8 Å². The predicted molar refractivity (Wildman–Crippen MR) is 103 cm³/mol. The van der Waals surface area contributed by atoms with E-state index in [0.29, 0.717) is 0 Å². The Bertz CT molecular complexity index is 748. The van der Waals surface area contributed by atoms with Crippen LogP contribution < -0.4 is 0 Å². The van der Waals surface area contributed by atoms with E-state index in [0.717, 1.165) is 68.5 Å². The average molecular weight is 353 g/mol. The lowest BCUT2D eigenvalue weighted by Gasteiger charge is -2.30. The molecule has 0 amide bonds.